The van der Waals surface area contributed by atoms with Crippen LogP contribution in [0, 0.1) is 12.8 Å². The van der Waals surface area contributed by atoms with Crippen molar-refractivity contribution in [1.29, 1.82) is 0 Å². The minimum atomic E-state index is -0.199. The number of hydrogen-bond acceptors (Lipinski definition) is 4. The summed E-state index contributed by atoms with van der Waals surface area (Å²) in [6.07, 6.45) is 16.5. The third-order valence-corrected chi connectivity index (χ3v) is 9.10. The molecule has 0 saturated carbocycles. The molecule has 2 aromatic heterocycles. The summed E-state index contributed by atoms with van der Waals surface area (Å²) in [5.74, 6) is 0.107. The number of carbonyl (C=O) groups excluding carboxylic acids is 1. The average molecular weight is 502 g/mol. The number of allylic oxidation sites excluding steroid dienone is 5. The SMILES string of the molecule is Cc1nn(C)c2sc(C(=O)C3C=c4c(ccc5c4=CCc4ccccc4-5)C(C4=CC=CC=CN4)C3)cc12. The lowest BCUT2D eigenvalue weighted by Gasteiger charge is -2.29. The van der Waals surface area contributed by atoms with E-state index in [9.17, 15) is 4.79 Å². The molecule has 2 unspecified atom stereocenters. The first kappa shape index (κ1) is 22.3. The van der Waals surface area contributed by atoms with Gasteiger partial charge in [-0.15, -0.1) is 11.3 Å². The van der Waals surface area contributed by atoms with Crippen LogP contribution in [0.4, 0.5) is 0 Å². The zero-order chi connectivity index (χ0) is 25.1. The molecule has 4 aromatic rings. The Morgan fingerprint density at radius 3 is 2.86 bits per heavy atom. The summed E-state index contributed by atoms with van der Waals surface area (Å²) in [5.41, 5.74) is 7.30. The lowest BCUT2D eigenvalue weighted by atomic mass is 9.76. The molecule has 182 valence electrons. The quantitative estimate of drug-likeness (QED) is 0.389. The maximum Gasteiger partial charge on any atom is 0.179 e. The van der Waals surface area contributed by atoms with E-state index in [1.807, 2.05) is 43.1 Å². The van der Waals surface area contributed by atoms with Crippen LogP contribution in [0.25, 0.3) is 33.5 Å². The van der Waals surface area contributed by atoms with E-state index in [1.165, 1.54) is 32.7 Å². The van der Waals surface area contributed by atoms with Gasteiger partial charge >= 0.3 is 0 Å². The molecule has 0 bridgehead atoms. The number of Topliss-reactive ketones (excluding diaryl/α,β-unsaturated/α-hetero) is 1. The lowest BCUT2D eigenvalue weighted by Crippen LogP contribution is -2.39. The van der Waals surface area contributed by atoms with Crippen molar-refractivity contribution in [3.8, 4) is 11.1 Å². The summed E-state index contributed by atoms with van der Waals surface area (Å²) in [7, 11) is 1.95. The number of aromatic nitrogens is 2. The van der Waals surface area contributed by atoms with E-state index in [-0.39, 0.29) is 17.6 Å². The van der Waals surface area contributed by atoms with Crippen LogP contribution < -0.4 is 15.8 Å². The van der Waals surface area contributed by atoms with Crippen molar-refractivity contribution < 1.29 is 4.79 Å². The molecule has 0 fully saturated rings. The molecule has 3 heterocycles. The van der Waals surface area contributed by atoms with Crippen molar-refractivity contribution >= 4 is 39.5 Å². The minimum absolute atomic E-state index is 0.106. The first-order valence-electron chi connectivity index (χ1n) is 12.8. The van der Waals surface area contributed by atoms with Crippen LogP contribution in [0.2, 0.25) is 0 Å². The molecule has 5 heteroatoms. The molecule has 2 aliphatic carbocycles. The number of benzene rings is 2. The molecule has 0 saturated heterocycles. The van der Waals surface area contributed by atoms with E-state index in [0.717, 1.165) is 39.3 Å². The van der Waals surface area contributed by atoms with Crippen LogP contribution in [0.3, 0.4) is 0 Å². The summed E-state index contributed by atoms with van der Waals surface area (Å²) < 4.78 is 1.89. The third-order valence-electron chi connectivity index (χ3n) is 7.88. The molecule has 1 N–H and O–H groups in total. The standard InChI is InChI=1S/C32H27N3OS/c1-19-26-18-30(37-32(26)35(2)34-19)31(36)21-16-27-24-12-11-20-8-5-6-9-22(20)23(24)13-14-25(27)28(17-21)29-10-4-3-7-15-33-29/h3-10,12-16,18,21,28,33H,11,17H2,1-2H3. The number of hydrogen-bond donors (Lipinski definition) is 1. The van der Waals surface area contributed by atoms with Crippen LogP contribution in [0.1, 0.15) is 38.8 Å². The van der Waals surface area contributed by atoms with Gasteiger partial charge in [0, 0.05) is 36.2 Å². The molecule has 2 atom stereocenters. The van der Waals surface area contributed by atoms with Crippen LogP contribution in [0.15, 0.2) is 78.7 Å². The van der Waals surface area contributed by atoms with Gasteiger partial charge in [0.1, 0.15) is 4.83 Å². The predicted molar refractivity (Wildman–Crippen MR) is 152 cm³/mol. The summed E-state index contributed by atoms with van der Waals surface area (Å²) in [5, 5.41) is 11.6. The van der Waals surface area contributed by atoms with Gasteiger partial charge in [-0.25, -0.2) is 0 Å². The van der Waals surface area contributed by atoms with E-state index in [0.29, 0.717) is 0 Å². The second-order valence-electron chi connectivity index (χ2n) is 10.1. The number of fused-ring (bicyclic) bond motifs is 6. The molecule has 0 radical (unpaired) electrons. The van der Waals surface area contributed by atoms with Gasteiger partial charge in [-0.2, -0.15) is 5.10 Å². The smallest absolute Gasteiger partial charge is 0.179 e. The fourth-order valence-electron chi connectivity index (χ4n) is 6.10. The molecule has 1 aliphatic heterocycles. The van der Waals surface area contributed by atoms with E-state index < -0.39 is 0 Å². The Morgan fingerprint density at radius 1 is 1.08 bits per heavy atom. The van der Waals surface area contributed by atoms with E-state index in [1.54, 1.807) is 11.3 Å². The average Bonchev–Trinajstić information content (AvgIpc) is 3.35. The number of carbonyl (C=O) groups is 1. The van der Waals surface area contributed by atoms with Crippen molar-refractivity contribution in [3.05, 3.63) is 111 Å². The van der Waals surface area contributed by atoms with Crippen molar-refractivity contribution in [3.63, 3.8) is 0 Å². The van der Waals surface area contributed by atoms with Crippen molar-refractivity contribution in [1.82, 2.24) is 15.1 Å². The Labute approximate surface area is 219 Å². The maximum atomic E-state index is 14.0. The molecule has 7 rings (SSSR count). The van der Waals surface area contributed by atoms with Crippen molar-refractivity contribution in [2.75, 3.05) is 0 Å². The van der Waals surface area contributed by atoms with Gasteiger partial charge in [0.05, 0.1) is 10.6 Å². The Morgan fingerprint density at radius 2 is 1.97 bits per heavy atom. The highest BCUT2D eigenvalue weighted by Gasteiger charge is 2.32. The molecular weight excluding hydrogens is 474 g/mol. The maximum absolute atomic E-state index is 14.0. The summed E-state index contributed by atoms with van der Waals surface area (Å²) in [6, 6.07) is 15.3. The number of thiophene rings is 1. The van der Waals surface area contributed by atoms with Crippen LogP contribution >= 0.6 is 11.3 Å². The lowest BCUT2D eigenvalue weighted by molar-refractivity contribution is 0.0948. The number of nitrogens with zero attached hydrogens (tertiary/aromatic N) is 2. The highest BCUT2D eigenvalue weighted by Crippen LogP contribution is 2.37. The molecular formula is C32H27N3OS. The summed E-state index contributed by atoms with van der Waals surface area (Å²) in [4.78, 5) is 15.9. The number of ketones is 1. The molecule has 0 amide bonds. The predicted octanol–water partition coefficient (Wildman–Crippen LogP) is 5.27. The normalized spacial score (nSPS) is 19.6. The summed E-state index contributed by atoms with van der Waals surface area (Å²) in [6.45, 7) is 2.01. The zero-order valence-electron chi connectivity index (χ0n) is 20.9. The topological polar surface area (TPSA) is 46.9 Å². The van der Waals surface area contributed by atoms with E-state index >= 15 is 0 Å². The van der Waals surface area contributed by atoms with Crippen molar-refractivity contribution in [2.24, 2.45) is 13.0 Å². The first-order chi connectivity index (χ1) is 18.1. The van der Waals surface area contributed by atoms with Gasteiger partial charge in [0.25, 0.3) is 0 Å². The Hall–Kier alpha value is -3.96. The van der Waals surface area contributed by atoms with Gasteiger partial charge < -0.3 is 5.32 Å². The van der Waals surface area contributed by atoms with Gasteiger partial charge in [0.15, 0.2) is 5.78 Å². The second kappa shape index (κ2) is 8.56. The zero-order valence-corrected chi connectivity index (χ0v) is 21.7. The van der Waals surface area contributed by atoms with Crippen LogP contribution in [0.5, 0.6) is 0 Å². The van der Waals surface area contributed by atoms with Gasteiger partial charge in [-0.3, -0.25) is 9.48 Å². The van der Waals surface area contributed by atoms with Gasteiger partial charge in [-0.05, 0) is 70.7 Å². The largest absolute Gasteiger partial charge is 0.364 e. The van der Waals surface area contributed by atoms with Crippen LogP contribution in [-0.2, 0) is 13.5 Å². The Bertz CT molecular complexity index is 1780. The fraction of sp³-hybridized carbons (Fsp3) is 0.188. The molecule has 4 nitrogen and oxygen atoms in total. The van der Waals surface area contributed by atoms with E-state index in [4.69, 9.17) is 0 Å². The van der Waals surface area contributed by atoms with Gasteiger partial charge in [-0.1, -0.05) is 60.7 Å². The number of aryl methyl sites for hydroxylation is 2. The highest BCUT2D eigenvalue weighted by atomic mass is 32.1. The molecule has 2 aromatic carbocycles. The number of rotatable bonds is 3. The molecule has 0 spiro atoms. The van der Waals surface area contributed by atoms with Crippen LogP contribution in [-0.4, -0.2) is 15.6 Å². The minimum Gasteiger partial charge on any atom is -0.364 e. The van der Waals surface area contributed by atoms with Gasteiger partial charge in [0.2, 0.25) is 0 Å². The first-order valence-corrected chi connectivity index (χ1v) is 13.6. The highest BCUT2D eigenvalue weighted by molar-refractivity contribution is 7.20. The monoisotopic (exact) mass is 501 g/mol. The van der Waals surface area contributed by atoms with E-state index in [2.05, 4.69) is 71.1 Å². The molecule has 3 aliphatic rings. The third kappa shape index (κ3) is 3.57. The fourth-order valence-corrected chi connectivity index (χ4v) is 7.22. The van der Waals surface area contributed by atoms with Crippen molar-refractivity contribution in [2.45, 2.75) is 25.7 Å². The summed E-state index contributed by atoms with van der Waals surface area (Å²) >= 11 is 1.56. The Kier molecular flexibility index (Phi) is 5.15. The second-order valence-corrected chi connectivity index (χ2v) is 11.1. The Balaban J connectivity index is 1.41. The number of nitrogens with one attached hydrogen (secondary N) is 1. The molecule has 37 heavy (non-hydrogen) atoms.